The zero-order valence-corrected chi connectivity index (χ0v) is 14.1. The molecule has 7 heteroatoms. The molecule has 0 bridgehead atoms. The first-order valence-corrected chi connectivity index (χ1v) is 8.60. The summed E-state index contributed by atoms with van der Waals surface area (Å²) in [6, 6.07) is 13.3. The molecule has 2 aromatic heterocycles. The van der Waals surface area contributed by atoms with Crippen LogP contribution in [0.3, 0.4) is 0 Å². The van der Waals surface area contributed by atoms with Crippen molar-refractivity contribution in [2.45, 2.75) is 6.42 Å². The van der Waals surface area contributed by atoms with Crippen molar-refractivity contribution in [1.29, 1.82) is 0 Å². The maximum atomic E-state index is 12.9. The van der Waals surface area contributed by atoms with Gasteiger partial charge in [-0.15, -0.1) is 21.5 Å². The molecule has 1 amide bonds. The number of hydrogen-bond acceptors (Lipinski definition) is 5. The molecule has 3 rings (SSSR count). The minimum absolute atomic E-state index is 0.0382. The van der Waals surface area contributed by atoms with Crippen molar-refractivity contribution in [2.75, 3.05) is 13.2 Å². The molecule has 0 atom stereocenters. The Morgan fingerprint density at radius 2 is 1.96 bits per heavy atom. The summed E-state index contributed by atoms with van der Waals surface area (Å²) in [4.78, 5) is 12.8. The highest BCUT2D eigenvalue weighted by Gasteiger charge is 2.05. The zero-order valence-electron chi connectivity index (χ0n) is 13.3. The van der Waals surface area contributed by atoms with E-state index in [1.165, 1.54) is 12.1 Å². The van der Waals surface area contributed by atoms with Gasteiger partial charge in [0.05, 0.1) is 18.7 Å². The average molecular weight is 357 g/mol. The molecule has 0 saturated heterocycles. The summed E-state index contributed by atoms with van der Waals surface area (Å²) in [6.07, 6.45) is 0.379. The van der Waals surface area contributed by atoms with Crippen LogP contribution in [0.4, 0.5) is 4.39 Å². The van der Waals surface area contributed by atoms with Crippen LogP contribution < -0.4 is 10.1 Å². The van der Waals surface area contributed by atoms with Crippen molar-refractivity contribution in [3.8, 4) is 17.1 Å². The van der Waals surface area contributed by atoms with Crippen LogP contribution >= 0.6 is 11.3 Å². The minimum Gasteiger partial charge on any atom is -0.475 e. The first-order chi connectivity index (χ1) is 12.2. The van der Waals surface area contributed by atoms with E-state index in [-0.39, 0.29) is 11.7 Å². The Labute approximate surface area is 148 Å². The second-order valence-corrected chi connectivity index (χ2v) is 6.25. The fraction of sp³-hybridized carbons (Fsp3) is 0.167. The highest BCUT2D eigenvalue weighted by Crippen LogP contribution is 2.18. The van der Waals surface area contributed by atoms with E-state index in [2.05, 4.69) is 15.5 Å². The quantitative estimate of drug-likeness (QED) is 0.660. The topological polar surface area (TPSA) is 64.1 Å². The molecule has 0 spiro atoms. The molecule has 1 N–H and O–H groups in total. The molecule has 2 heterocycles. The monoisotopic (exact) mass is 357 g/mol. The molecule has 0 fully saturated rings. The number of hydrogen-bond donors (Lipinski definition) is 1. The Kier molecular flexibility index (Phi) is 5.69. The largest absolute Gasteiger partial charge is 0.475 e. The van der Waals surface area contributed by atoms with Crippen molar-refractivity contribution in [3.05, 3.63) is 64.6 Å². The number of amides is 1. The van der Waals surface area contributed by atoms with Crippen molar-refractivity contribution in [1.82, 2.24) is 15.5 Å². The molecule has 3 aromatic rings. The summed E-state index contributed by atoms with van der Waals surface area (Å²) >= 11 is 1.56. The van der Waals surface area contributed by atoms with Crippen molar-refractivity contribution < 1.29 is 13.9 Å². The molecule has 1 aromatic carbocycles. The molecule has 5 nitrogen and oxygen atoms in total. The third kappa shape index (κ3) is 5.09. The summed E-state index contributed by atoms with van der Waals surface area (Å²) < 4.78 is 18.4. The number of ether oxygens (including phenoxy) is 1. The Bertz CT molecular complexity index is 805. The molecule has 0 aliphatic carbocycles. The maximum absolute atomic E-state index is 12.9. The predicted octanol–water partition coefficient (Wildman–Crippen LogP) is 3.08. The second kappa shape index (κ2) is 8.34. The van der Waals surface area contributed by atoms with Gasteiger partial charge in [-0.1, -0.05) is 6.07 Å². The Hall–Kier alpha value is -2.80. The van der Waals surface area contributed by atoms with Crippen LogP contribution in [0.15, 0.2) is 53.9 Å². The smallest absolute Gasteiger partial charge is 0.233 e. The number of thiophene rings is 1. The molecular formula is C18H16FN3O2S. The SMILES string of the molecule is O=C(Cc1cccs1)NCCOc1ccc(-c2ccc(F)cc2)nn1. The van der Waals surface area contributed by atoms with Crippen molar-refractivity contribution in [3.63, 3.8) is 0 Å². The van der Waals surface area contributed by atoms with Crippen LogP contribution in [-0.2, 0) is 11.2 Å². The van der Waals surface area contributed by atoms with Crippen LogP contribution in [0.25, 0.3) is 11.3 Å². The number of benzene rings is 1. The average Bonchev–Trinajstić information content (AvgIpc) is 3.13. The van der Waals surface area contributed by atoms with Crippen LogP contribution in [0.1, 0.15) is 4.88 Å². The lowest BCUT2D eigenvalue weighted by atomic mass is 10.1. The minimum atomic E-state index is -0.294. The highest BCUT2D eigenvalue weighted by atomic mass is 32.1. The third-order valence-corrected chi connectivity index (χ3v) is 4.25. The van der Waals surface area contributed by atoms with Gasteiger partial charge in [0.15, 0.2) is 0 Å². The Morgan fingerprint density at radius 1 is 1.12 bits per heavy atom. The zero-order chi connectivity index (χ0) is 17.5. The summed E-state index contributed by atoms with van der Waals surface area (Å²) in [7, 11) is 0. The van der Waals surface area contributed by atoms with Gasteiger partial charge in [-0.25, -0.2) is 4.39 Å². The van der Waals surface area contributed by atoms with Gasteiger partial charge in [0.25, 0.3) is 0 Å². The number of halogens is 1. The molecule has 0 aliphatic heterocycles. The third-order valence-electron chi connectivity index (χ3n) is 3.37. The van der Waals surface area contributed by atoms with E-state index in [9.17, 15) is 9.18 Å². The van der Waals surface area contributed by atoms with E-state index in [1.54, 1.807) is 35.6 Å². The first-order valence-electron chi connectivity index (χ1n) is 7.72. The van der Waals surface area contributed by atoms with Crippen LogP contribution in [-0.4, -0.2) is 29.3 Å². The van der Waals surface area contributed by atoms with E-state index in [0.29, 0.717) is 31.1 Å². The lowest BCUT2D eigenvalue weighted by Crippen LogP contribution is -2.29. The molecule has 0 aliphatic rings. The van der Waals surface area contributed by atoms with E-state index >= 15 is 0 Å². The van der Waals surface area contributed by atoms with E-state index in [0.717, 1.165) is 10.4 Å². The van der Waals surface area contributed by atoms with Gasteiger partial charge >= 0.3 is 0 Å². The lowest BCUT2D eigenvalue weighted by molar-refractivity contribution is -0.120. The summed E-state index contributed by atoms with van der Waals surface area (Å²) in [5, 5.41) is 12.8. The lowest BCUT2D eigenvalue weighted by Gasteiger charge is -2.07. The number of rotatable bonds is 7. The Balaban J connectivity index is 1.43. The van der Waals surface area contributed by atoms with Crippen molar-refractivity contribution >= 4 is 17.2 Å². The number of nitrogens with zero attached hydrogens (tertiary/aromatic N) is 2. The molecule has 25 heavy (non-hydrogen) atoms. The van der Waals surface area contributed by atoms with Gasteiger partial charge in [-0.05, 0) is 41.8 Å². The van der Waals surface area contributed by atoms with Gasteiger partial charge in [0.1, 0.15) is 12.4 Å². The van der Waals surface area contributed by atoms with E-state index in [1.807, 2.05) is 17.5 Å². The van der Waals surface area contributed by atoms with Gasteiger partial charge in [-0.2, -0.15) is 0 Å². The van der Waals surface area contributed by atoms with Gasteiger partial charge < -0.3 is 10.1 Å². The van der Waals surface area contributed by atoms with Gasteiger partial charge in [0, 0.05) is 16.5 Å². The van der Waals surface area contributed by atoms with E-state index < -0.39 is 0 Å². The van der Waals surface area contributed by atoms with E-state index in [4.69, 9.17) is 4.74 Å². The molecule has 0 unspecified atom stereocenters. The predicted molar refractivity (Wildman–Crippen MR) is 94.0 cm³/mol. The fourth-order valence-electron chi connectivity index (χ4n) is 2.15. The second-order valence-electron chi connectivity index (χ2n) is 5.22. The fourth-order valence-corrected chi connectivity index (χ4v) is 2.86. The van der Waals surface area contributed by atoms with Gasteiger partial charge in [-0.3, -0.25) is 4.79 Å². The van der Waals surface area contributed by atoms with Crippen LogP contribution in [0.5, 0.6) is 5.88 Å². The number of carbonyl (C=O) groups excluding carboxylic acids is 1. The number of aromatic nitrogens is 2. The molecule has 0 radical (unpaired) electrons. The first kappa shape index (κ1) is 17.0. The molecule has 128 valence electrons. The molecular weight excluding hydrogens is 341 g/mol. The maximum Gasteiger partial charge on any atom is 0.233 e. The Morgan fingerprint density at radius 3 is 2.64 bits per heavy atom. The number of carbonyl (C=O) groups is 1. The highest BCUT2D eigenvalue weighted by molar-refractivity contribution is 7.10. The standard InChI is InChI=1S/C18H16FN3O2S/c19-14-5-3-13(4-6-14)16-7-8-18(22-21-16)24-10-9-20-17(23)12-15-2-1-11-25-15/h1-8,11H,9-10,12H2,(H,20,23). The van der Waals surface area contributed by atoms with Gasteiger partial charge in [0.2, 0.25) is 11.8 Å². The van der Waals surface area contributed by atoms with Crippen molar-refractivity contribution in [2.24, 2.45) is 0 Å². The number of nitrogens with one attached hydrogen (secondary N) is 1. The molecule has 0 saturated carbocycles. The summed E-state index contributed by atoms with van der Waals surface area (Å²) in [6.45, 7) is 0.701. The summed E-state index contributed by atoms with van der Waals surface area (Å²) in [5.41, 5.74) is 1.41. The normalized spacial score (nSPS) is 10.4. The summed E-state index contributed by atoms with van der Waals surface area (Å²) in [5.74, 6) is 0.0416. The van der Waals surface area contributed by atoms with Crippen LogP contribution in [0, 0.1) is 5.82 Å². The van der Waals surface area contributed by atoms with Crippen LogP contribution in [0.2, 0.25) is 0 Å².